The SMILES string of the molecule is CCCC(C)N(C)c1ncc(Br)cc1CNC(C)C. The molecule has 0 fully saturated rings. The van der Waals surface area contributed by atoms with Gasteiger partial charge in [-0.05, 0) is 35.3 Å². The molecule has 1 atom stereocenters. The summed E-state index contributed by atoms with van der Waals surface area (Å²) in [6.45, 7) is 9.65. The summed E-state index contributed by atoms with van der Waals surface area (Å²) in [5.74, 6) is 1.08. The molecule has 0 aromatic carbocycles. The van der Waals surface area contributed by atoms with E-state index in [4.69, 9.17) is 0 Å². The number of anilines is 1. The third-order valence-corrected chi connectivity index (χ3v) is 3.75. The van der Waals surface area contributed by atoms with Crippen molar-refractivity contribution in [2.75, 3.05) is 11.9 Å². The molecule has 0 saturated heterocycles. The van der Waals surface area contributed by atoms with Crippen LogP contribution >= 0.6 is 15.9 Å². The van der Waals surface area contributed by atoms with Gasteiger partial charge in [-0.25, -0.2) is 4.98 Å². The van der Waals surface area contributed by atoms with Gasteiger partial charge < -0.3 is 10.2 Å². The Morgan fingerprint density at radius 1 is 1.37 bits per heavy atom. The van der Waals surface area contributed by atoms with Gasteiger partial charge in [-0.3, -0.25) is 0 Å². The van der Waals surface area contributed by atoms with E-state index in [-0.39, 0.29) is 0 Å². The number of hydrogen-bond donors (Lipinski definition) is 1. The van der Waals surface area contributed by atoms with Crippen molar-refractivity contribution in [1.29, 1.82) is 0 Å². The van der Waals surface area contributed by atoms with Crippen molar-refractivity contribution in [3.8, 4) is 0 Å². The highest BCUT2D eigenvalue weighted by Gasteiger charge is 2.15. The third kappa shape index (κ3) is 5.11. The molecule has 1 unspecified atom stereocenters. The Balaban J connectivity index is 2.91. The van der Waals surface area contributed by atoms with E-state index in [0.29, 0.717) is 12.1 Å². The molecule has 0 aliphatic carbocycles. The highest BCUT2D eigenvalue weighted by Crippen LogP contribution is 2.23. The van der Waals surface area contributed by atoms with E-state index in [0.717, 1.165) is 16.8 Å². The zero-order valence-corrected chi connectivity index (χ0v) is 14.3. The van der Waals surface area contributed by atoms with E-state index in [9.17, 15) is 0 Å². The fraction of sp³-hybridized carbons (Fsp3) is 0.667. The summed E-state index contributed by atoms with van der Waals surface area (Å²) >= 11 is 3.51. The van der Waals surface area contributed by atoms with Crippen LogP contribution in [-0.2, 0) is 6.54 Å². The van der Waals surface area contributed by atoms with Gasteiger partial charge in [0.05, 0.1) is 0 Å². The quantitative estimate of drug-likeness (QED) is 0.821. The Labute approximate surface area is 125 Å². The summed E-state index contributed by atoms with van der Waals surface area (Å²) in [4.78, 5) is 6.88. The Morgan fingerprint density at radius 2 is 2.05 bits per heavy atom. The van der Waals surface area contributed by atoms with E-state index in [1.54, 1.807) is 0 Å². The molecule has 3 nitrogen and oxygen atoms in total. The molecule has 1 aromatic rings. The fourth-order valence-electron chi connectivity index (χ4n) is 2.06. The molecule has 108 valence electrons. The highest BCUT2D eigenvalue weighted by molar-refractivity contribution is 9.10. The predicted octanol–water partition coefficient (Wildman–Crippen LogP) is 3.97. The van der Waals surface area contributed by atoms with Crippen molar-refractivity contribution in [3.63, 3.8) is 0 Å². The van der Waals surface area contributed by atoms with E-state index in [1.807, 2.05) is 6.20 Å². The Bertz CT molecular complexity index is 393. The number of nitrogens with zero attached hydrogens (tertiary/aromatic N) is 2. The molecule has 1 aromatic heterocycles. The first-order valence-electron chi connectivity index (χ1n) is 7.06. The molecule has 1 heterocycles. The first-order chi connectivity index (χ1) is 8.95. The molecular weight excluding hydrogens is 302 g/mol. The molecule has 4 heteroatoms. The molecule has 0 saturated carbocycles. The molecule has 0 radical (unpaired) electrons. The van der Waals surface area contributed by atoms with Crippen LogP contribution in [0, 0.1) is 0 Å². The molecule has 0 bridgehead atoms. The van der Waals surface area contributed by atoms with Crippen LogP contribution < -0.4 is 10.2 Å². The van der Waals surface area contributed by atoms with Crippen LogP contribution in [0.25, 0.3) is 0 Å². The van der Waals surface area contributed by atoms with Crippen LogP contribution in [0.15, 0.2) is 16.7 Å². The van der Waals surface area contributed by atoms with Gasteiger partial charge in [-0.1, -0.05) is 27.2 Å². The van der Waals surface area contributed by atoms with Gasteiger partial charge in [0.2, 0.25) is 0 Å². The molecule has 1 rings (SSSR count). The predicted molar refractivity (Wildman–Crippen MR) is 86.7 cm³/mol. The van der Waals surface area contributed by atoms with Gasteiger partial charge in [0.15, 0.2) is 0 Å². The van der Waals surface area contributed by atoms with E-state index >= 15 is 0 Å². The molecule has 0 aliphatic rings. The van der Waals surface area contributed by atoms with Gasteiger partial charge in [0.25, 0.3) is 0 Å². The lowest BCUT2D eigenvalue weighted by atomic mass is 10.1. The van der Waals surface area contributed by atoms with Crippen molar-refractivity contribution < 1.29 is 0 Å². The second-order valence-corrected chi connectivity index (χ2v) is 6.34. The largest absolute Gasteiger partial charge is 0.357 e. The van der Waals surface area contributed by atoms with Crippen LogP contribution in [0.5, 0.6) is 0 Å². The minimum Gasteiger partial charge on any atom is -0.357 e. The standard InChI is InChI=1S/C15H26BrN3/c1-6-7-12(4)19(5)15-13(9-17-11(2)3)8-14(16)10-18-15/h8,10-12,17H,6-7,9H2,1-5H3. The molecule has 0 amide bonds. The zero-order chi connectivity index (χ0) is 14.4. The first-order valence-corrected chi connectivity index (χ1v) is 7.85. The summed E-state index contributed by atoms with van der Waals surface area (Å²) in [5.41, 5.74) is 1.24. The molecule has 0 spiro atoms. The van der Waals surface area contributed by atoms with Gasteiger partial charge in [-0.2, -0.15) is 0 Å². The van der Waals surface area contributed by atoms with Gasteiger partial charge >= 0.3 is 0 Å². The molecular formula is C15H26BrN3. The van der Waals surface area contributed by atoms with Crippen molar-refractivity contribution in [1.82, 2.24) is 10.3 Å². The summed E-state index contributed by atoms with van der Waals surface area (Å²) in [6.07, 6.45) is 4.26. The maximum absolute atomic E-state index is 4.60. The number of aromatic nitrogens is 1. The minimum absolute atomic E-state index is 0.477. The Hall–Kier alpha value is -0.610. The number of halogens is 1. The van der Waals surface area contributed by atoms with Crippen molar-refractivity contribution >= 4 is 21.7 Å². The summed E-state index contributed by atoms with van der Waals surface area (Å²) < 4.78 is 1.04. The molecule has 0 aliphatic heterocycles. The van der Waals surface area contributed by atoms with Crippen molar-refractivity contribution in [2.45, 2.75) is 59.2 Å². The monoisotopic (exact) mass is 327 g/mol. The zero-order valence-electron chi connectivity index (χ0n) is 12.7. The van der Waals surface area contributed by atoms with E-state index in [1.165, 1.54) is 18.4 Å². The van der Waals surface area contributed by atoms with Gasteiger partial charge in [0, 0.05) is 41.9 Å². The van der Waals surface area contributed by atoms with Crippen LogP contribution in [0.2, 0.25) is 0 Å². The maximum Gasteiger partial charge on any atom is 0.133 e. The van der Waals surface area contributed by atoms with E-state index < -0.39 is 0 Å². The normalized spacial score (nSPS) is 12.8. The second-order valence-electron chi connectivity index (χ2n) is 5.42. The summed E-state index contributed by atoms with van der Waals surface area (Å²) in [6, 6.07) is 3.15. The molecule has 19 heavy (non-hydrogen) atoms. The average Bonchev–Trinajstić information content (AvgIpc) is 2.36. The van der Waals surface area contributed by atoms with Crippen molar-refractivity contribution in [3.05, 3.63) is 22.3 Å². The number of rotatable bonds is 7. The smallest absolute Gasteiger partial charge is 0.133 e. The third-order valence-electron chi connectivity index (χ3n) is 3.31. The summed E-state index contributed by atoms with van der Waals surface area (Å²) in [5, 5.41) is 3.47. The number of nitrogens with one attached hydrogen (secondary N) is 1. The van der Waals surface area contributed by atoms with Crippen molar-refractivity contribution in [2.24, 2.45) is 0 Å². The van der Waals surface area contributed by atoms with Gasteiger partial charge in [0.1, 0.15) is 5.82 Å². The first kappa shape index (κ1) is 16.4. The average molecular weight is 328 g/mol. The summed E-state index contributed by atoms with van der Waals surface area (Å²) in [7, 11) is 2.13. The highest BCUT2D eigenvalue weighted by atomic mass is 79.9. The number of pyridine rings is 1. The van der Waals surface area contributed by atoms with Crippen LogP contribution in [-0.4, -0.2) is 24.1 Å². The van der Waals surface area contributed by atoms with Crippen LogP contribution in [0.3, 0.4) is 0 Å². The number of hydrogen-bond acceptors (Lipinski definition) is 3. The van der Waals surface area contributed by atoms with Crippen LogP contribution in [0.1, 0.15) is 46.1 Å². The minimum atomic E-state index is 0.477. The van der Waals surface area contributed by atoms with E-state index in [2.05, 4.69) is 71.9 Å². The fourth-order valence-corrected chi connectivity index (χ4v) is 2.43. The lowest BCUT2D eigenvalue weighted by molar-refractivity contribution is 0.578. The molecule has 1 N–H and O–H groups in total. The van der Waals surface area contributed by atoms with Crippen LogP contribution in [0.4, 0.5) is 5.82 Å². The topological polar surface area (TPSA) is 28.2 Å². The maximum atomic E-state index is 4.60. The lowest BCUT2D eigenvalue weighted by Gasteiger charge is -2.28. The Kier molecular flexibility index (Phi) is 6.80. The lowest BCUT2D eigenvalue weighted by Crippen LogP contribution is -2.31. The Morgan fingerprint density at radius 3 is 2.63 bits per heavy atom. The second kappa shape index (κ2) is 7.85. The van der Waals surface area contributed by atoms with Gasteiger partial charge in [-0.15, -0.1) is 0 Å².